The number of likely N-dealkylation sites (tertiary alicyclic amines) is 1. The minimum Gasteiger partial charge on any atom is -0.465 e. The van der Waals surface area contributed by atoms with Crippen LogP contribution in [0.4, 0.5) is 9.93 Å². The molecule has 0 atom stereocenters. The minimum atomic E-state index is -1.09. The van der Waals surface area contributed by atoms with Gasteiger partial charge in [-0.05, 0) is 30.0 Å². The molecule has 4 rings (SSSR count). The first-order valence-corrected chi connectivity index (χ1v) is 11.8. The summed E-state index contributed by atoms with van der Waals surface area (Å²) < 4.78 is 0. The number of piperidine rings is 1. The second-order valence-electron chi connectivity index (χ2n) is 8.13. The molecule has 0 radical (unpaired) electrons. The summed E-state index contributed by atoms with van der Waals surface area (Å²) in [6.07, 6.45) is 4.15. The normalized spacial score (nSPS) is 14.7. The van der Waals surface area contributed by atoms with Crippen molar-refractivity contribution in [3.8, 4) is 0 Å². The maximum Gasteiger partial charge on any atom is 0.413 e. The second-order valence-corrected chi connectivity index (χ2v) is 8.97. The van der Waals surface area contributed by atoms with Crippen LogP contribution in [0, 0.1) is 0 Å². The van der Waals surface area contributed by atoms with Crippen molar-refractivity contribution in [3.05, 3.63) is 77.1 Å². The first kappa shape index (κ1) is 22.9. The van der Waals surface area contributed by atoms with Crippen LogP contribution in [-0.2, 0) is 24.3 Å². The molecule has 172 valence electrons. The van der Waals surface area contributed by atoms with Gasteiger partial charge in [-0.25, -0.2) is 14.7 Å². The highest BCUT2D eigenvalue weighted by Crippen LogP contribution is 2.23. The van der Waals surface area contributed by atoms with Crippen molar-refractivity contribution < 1.29 is 14.7 Å². The van der Waals surface area contributed by atoms with Crippen LogP contribution in [0.3, 0.4) is 0 Å². The number of thiazole rings is 1. The molecule has 8 nitrogen and oxygen atoms in total. The second kappa shape index (κ2) is 11.0. The van der Waals surface area contributed by atoms with Gasteiger partial charge in [-0.1, -0.05) is 36.4 Å². The third-order valence-electron chi connectivity index (χ3n) is 5.61. The monoisotopic (exact) mass is 465 g/mol. The number of rotatable bonds is 8. The number of carbonyl (C=O) groups excluding carboxylic acids is 1. The van der Waals surface area contributed by atoms with E-state index in [9.17, 15) is 14.7 Å². The van der Waals surface area contributed by atoms with E-state index in [1.165, 1.54) is 21.8 Å². The molecule has 2 N–H and O–H groups in total. The fraction of sp³-hybridized carbons (Fsp3) is 0.333. The Morgan fingerprint density at radius 3 is 2.58 bits per heavy atom. The summed E-state index contributed by atoms with van der Waals surface area (Å²) in [5, 5.41) is 14.8. The minimum absolute atomic E-state index is 0.0810. The van der Waals surface area contributed by atoms with Gasteiger partial charge in [-0.2, -0.15) is 0 Å². The Labute approximate surface area is 196 Å². The maximum absolute atomic E-state index is 12.6. The van der Waals surface area contributed by atoms with Crippen molar-refractivity contribution in [3.63, 3.8) is 0 Å². The SMILES string of the molecule is O=C(Cc1csc(N(Cc2cccnc2)C(=O)O)n1)NC1CCN(Cc2ccccc2)CC1. The fourth-order valence-corrected chi connectivity index (χ4v) is 4.73. The van der Waals surface area contributed by atoms with Crippen molar-refractivity contribution in [2.24, 2.45) is 0 Å². The Morgan fingerprint density at radius 1 is 1.12 bits per heavy atom. The van der Waals surface area contributed by atoms with Crippen LogP contribution < -0.4 is 10.2 Å². The van der Waals surface area contributed by atoms with E-state index in [0.29, 0.717) is 10.8 Å². The predicted octanol–water partition coefficient (Wildman–Crippen LogP) is 3.55. The molecule has 0 unspecified atom stereocenters. The van der Waals surface area contributed by atoms with Gasteiger partial charge in [0, 0.05) is 43.4 Å². The molecule has 0 bridgehead atoms. The molecule has 33 heavy (non-hydrogen) atoms. The third kappa shape index (κ3) is 6.59. The highest BCUT2D eigenvalue weighted by molar-refractivity contribution is 7.14. The molecular weight excluding hydrogens is 438 g/mol. The number of nitrogens with zero attached hydrogens (tertiary/aromatic N) is 4. The Morgan fingerprint density at radius 2 is 1.88 bits per heavy atom. The average molecular weight is 466 g/mol. The zero-order valence-electron chi connectivity index (χ0n) is 18.3. The Balaban J connectivity index is 1.26. The Bertz CT molecular complexity index is 1050. The molecule has 1 fully saturated rings. The van der Waals surface area contributed by atoms with Crippen LogP contribution in [0.2, 0.25) is 0 Å². The van der Waals surface area contributed by atoms with Crippen LogP contribution in [0.15, 0.2) is 60.2 Å². The van der Waals surface area contributed by atoms with Crippen molar-refractivity contribution in [1.82, 2.24) is 20.2 Å². The van der Waals surface area contributed by atoms with Crippen LogP contribution in [0.5, 0.6) is 0 Å². The molecular formula is C24H27N5O3S. The number of carboxylic acid groups (broad SMARTS) is 1. The lowest BCUT2D eigenvalue weighted by Crippen LogP contribution is -2.44. The summed E-state index contributed by atoms with van der Waals surface area (Å²) in [4.78, 5) is 36.3. The van der Waals surface area contributed by atoms with E-state index in [2.05, 4.69) is 44.5 Å². The van der Waals surface area contributed by atoms with E-state index in [-0.39, 0.29) is 24.9 Å². The van der Waals surface area contributed by atoms with Gasteiger partial charge in [-0.15, -0.1) is 11.3 Å². The summed E-state index contributed by atoms with van der Waals surface area (Å²) in [7, 11) is 0. The molecule has 1 aliphatic rings. The molecule has 3 heterocycles. The number of pyridine rings is 1. The van der Waals surface area contributed by atoms with Crippen molar-refractivity contribution in [2.75, 3.05) is 18.0 Å². The van der Waals surface area contributed by atoms with Crippen molar-refractivity contribution in [2.45, 2.75) is 38.4 Å². The molecule has 2 aromatic heterocycles. The standard InChI is InChI=1S/C24H27N5O3S/c30-22(26-20-8-11-28(12-9-20)15-18-5-2-1-3-6-18)13-21-17-33-23(27-21)29(24(31)32)16-19-7-4-10-25-14-19/h1-7,10,14,17,20H,8-9,11-13,15-16H2,(H,26,30)(H,31,32). The highest BCUT2D eigenvalue weighted by atomic mass is 32.1. The van der Waals surface area contributed by atoms with Gasteiger partial charge in [0.15, 0.2) is 5.13 Å². The maximum atomic E-state index is 12.6. The molecule has 0 aliphatic carbocycles. The largest absolute Gasteiger partial charge is 0.465 e. The van der Waals surface area contributed by atoms with E-state index in [1.807, 2.05) is 12.1 Å². The molecule has 0 spiro atoms. The first-order chi connectivity index (χ1) is 16.1. The van der Waals surface area contributed by atoms with E-state index < -0.39 is 6.09 Å². The van der Waals surface area contributed by atoms with Gasteiger partial charge in [0.1, 0.15) is 0 Å². The van der Waals surface area contributed by atoms with Crippen LogP contribution in [0.1, 0.15) is 29.7 Å². The molecule has 0 saturated carbocycles. The predicted molar refractivity (Wildman–Crippen MR) is 127 cm³/mol. The number of anilines is 1. The number of aromatic nitrogens is 2. The number of amides is 2. The van der Waals surface area contributed by atoms with Crippen molar-refractivity contribution in [1.29, 1.82) is 0 Å². The molecule has 1 aromatic carbocycles. The average Bonchev–Trinajstić information content (AvgIpc) is 3.28. The lowest BCUT2D eigenvalue weighted by molar-refractivity contribution is -0.121. The summed E-state index contributed by atoms with van der Waals surface area (Å²) in [6.45, 7) is 2.98. The lowest BCUT2D eigenvalue weighted by atomic mass is 10.0. The quantitative estimate of drug-likeness (QED) is 0.528. The molecule has 9 heteroatoms. The van der Waals surface area contributed by atoms with E-state index in [1.54, 1.807) is 23.8 Å². The number of carbonyl (C=O) groups is 2. The third-order valence-corrected chi connectivity index (χ3v) is 6.52. The van der Waals surface area contributed by atoms with Gasteiger partial charge in [0.25, 0.3) is 0 Å². The number of hydrogen-bond donors (Lipinski definition) is 2. The van der Waals surface area contributed by atoms with E-state index in [0.717, 1.165) is 38.0 Å². The molecule has 1 saturated heterocycles. The summed E-state index contributed by atoms with van der Waals surface area (Å²) in [6, 6.07) is 14.1. The summed E-state index contributed by atoms with van der Waals surface area (Å²) in [5.41, 5.74) is 2.65. The zero-order chi connectivity index (χ0) is 23.0. The van der Waals surface area contributed by atoms with Gasteiger partial charge in [0.2, 0.25) is 5.91 Å². The van der Waals surface area contributed by atoms with Crippen molar-refractivity contribution >= 4 is 28.5 Å². The van der Waals surface area contributed by atoms with Gasteiger partial charge < -0.3 is 10.4 Å². The smallest absolute Gasteiger partial charge is 0.413 e. The first-order valence-electron chi connectivity index (χ1n) is 11.0. The Kier molecular flexibility index (Phi) is 7.64. The van der Waals surface area contributed by atoms with Gasteiger partial charge in [0.05, 0.1) is 18.7 Å². The summed E-state index contributed by atoms with van der Waals surface area (Å²) >= 11 is 1.22. The van der Waals surface area contributed by atoms with Gasteiger partial charge >= 0.3 is 6.09 Å². The molecule has 2 amide bonds. The van der Waals surface area contributed by atoms with E-state index in [4.69, 9.17) is 0 Å². The zero-order valence-corrected chi connectivity index (χ0v) is 19.1. The topological polar surface area (TPSA) is 98.7 Å². The summed E-state index contributed by atoms with van der Waals surface area (Å²) in [5.74, 6) is -0.0810. The van der Waals surface area contributed by atoms with Crippen LogP contribution in [-0.4, -0.2) is 51.1 Å². The van der Waals surface area contributed by atoms with Gasteiger partial charge in [-0.3, -0.25) is 14.7 Å². The van der Waals surface area contributed by atoms with E-state index >= 15 is 0 Å². The number of hydrogen-bond acceptors (Lipinski definition) is 6. The molecule has 1 aliphatic heterocycles. The number of nitrogens with one attached hydrogen (secondary N) is 1. The number of benzene rings is 1. The lowest BCUT2D eigenvalue weighted by Gasteiger charge is -2.32. The van der Waals surface area contributed by atoms with Crippen LogP contribution >= 0.6 is 11.3 Å². The highest BCUT2D eigenvalue weighted by Gasteiger charge is 2.22. The van der Waals surface area contributed by atoms with Crippen LogP contribution in [0.25, 0.3) is 0 Å². The fourth-order valence-electron chi connectivity index (χ4n) is 3.91. The Hall–Kier alpha value is -3.30. The molecule has 3 aromatic rings.